The normalized spacial score (nSPS) is 14.4. The van der Waals surface area contributed by atoms with Crippen LogP contribution in [0.4, 0.5) is 10.1 Å². The van der Waals surface area contributed by atoms with Crippen molar-refractivity contribution in [3.63, 3.8) is 0 Å². The SMILES string of the molecule is CC.CCOC.Cc1nc2c(c(=O)n1CC=O)NC(c1ccc(F)cc1)CC2. The third-order valence-electron chi connectivity index (χ3n) is 4.24. The van der Waals surface area contributed by atoms with E-state index in [1.165, 1.54) is 16.7 Å². The number of hydrogen-bond donors (Lipinski definition) is 1. The van der Waals surface area contributed by atoms with Crippen LogP contribution in [0.2, 0.25) is 0 Å². The molecule has 0 saturated carbocycles. The van der Waals surface area contributed by atoms with Gasteiger partial charge in [0.15, 0.2) is 0 Å². The Kier molecular flexibility index (Phi) is 10.1. The molecule has 1 atom stereocenters. The molecule has 28 heavy (non-hydrogen) atoms. The number of ether oxygens (including phenoxy) is 1. The predicted molar refractivity (Wildman–Crippen MR) is 109 cm³/mol. The van der Waals surface area contributed by atoms with Gasteiger partial charge in [0.2, 0.25) is 0 Å². The Labute approximate surface area is 165 Å². The van der Waals surface area contributed by atoms with Gasteiger partial charge in [0.05, 0.1) is 18.3 Å². The zero-order valence-corrected chi connectivity index (χ0v) is 17.3. The lowest BCUT2D eigenvalue weighted by molar-refractivity contribution is -0.108. The van der Waals surface area contributed by atoms with Crippen molar-refractivity contribution in [1.29, 1.82) is 0 Å². The summed E-state index contributed by atoms with van der Waals surface area (Å²) in [5.74, 6) is 0.253. The Hall–Kier alpha value is -2.54. The van der Waals surface area contributed by atoms with Crippen LogP contribution in [0.3, 0.4) is 0 Å². The molecule has 1 N–H and O–H groups in total. The van der Waals surface area contributed by atoms with Gasteiger partial charge in [0, 0.05) is 13.7 Å². The van der Waals surface area contributed by atoms with E-state index in [4.69, 9.17) is 0 Å². The highest BCUT2D eigenvalue weighted by Gasteiger charge is 2.24. The van der Waals surface area contributed by atoms with Gasteiger partial charge in [-0.2, -0.15) is 0 Å². The molecule has 6 nitrogen and oxygen atoms in total. The van der Waals surface area contributed by atoms with Crippen LogP contribution in [0.5, 0.6) is 0 Å². The second-order valence-corrected chi connectivity index (χ2v) is 5.93. The molecule has 0 fully saturated rings. The minimum Gasteiger partial charge on any atom is -0.385 e. The van der Waals surface area contributed by atoms with Crippen molar-refractivity contribution < 1.29 is 13.9 Å². The maximum atomic E-state index is 13.0. The average Bonchev–Trinajstić information content (AvgIpc) is 2.73. The number of rotatable bonds is 4. The van der Waals surface area contributed by atoms with Crippen LogP contribution >= 0.6 is 0 Å². The monoisotopic (exact) mass is 391 g/mol. The molecular weight excluding hydrogens is 361 g/mol. The summed E-state index contributed by atoms with van der Waals surface area (Å²) in [5, 5.41) is 3.19. The smallest absolute Gasteiger partial charge is 0.277 e. The molecule has 0 aliphatic carbocycles. The van der Waals surface area contributed by atoms with E-state index in [0.717, 1.165) is 24.3 Å². The van der Waals surface area contributed by atoms with Crippen molar-refractivity contribution in [3.8, 4) is 0 Å². The Balaban J connectivity index is 0.000000583. The average molecular weight is 391 g/mol. The second kappa shape index (κ2) is 12.0. The van der Waals surface area contributed by atoms with Gasteiger partial charge in [-0.3, -0.25) is 9.36 Å². The molecule has 1 aromatic heterocycles. The van der Waals surface area contributed by atoms with E-state index < -0.39 is 0 Å². The molecule has 7 heteroatoms. The van der Waals surface area contributed by atoms with Crippen molar-refractivity contribution in [2.24, 2.45) is 0 Å². The zero-order valence-electron chi connectivity index (χ0n) is 17.3. The van der Waals surface area contributed by atoms with Gasteiger partial charge in [0.25, 0.3) is 5.56 Å². The topological polar surface area (TPSA) is 73.2 Å². The summed E-state index contributed by atoms with van der Waals surface area (Å²) in [6.07, 6.45) is 2.13. The second-order valence-electron chi connectivity index (χ2n) is 5.93. The number of nitrogens with one attached hydrogen (secondary N) is 1. The summed E-state index contributed by atoms with van der Waals surface area (Å²) in [4.78, 5) is 27.6. The standard InChI is InChI=1S/C16H16FN3O2.C3H8O.C2H6/c1-10-18-14-7-6-13(11-2-4-12(17)5-3-11)19-15(14)16(22)20(10)8-9-21;1-3-4-2;1-2/h2-5,9,13,19H,6-8H2,1H3;3H2,1-2H3;1-2H3. The first-order valence-electron chi connectivity index (χ1n) is 9.56. The highest BCUT2D eigenvalue weighted by atomic mass is 19.1. The van der Waals surface area contributed by atoms with Gasteiger partial charge in [-0.1, -0.05) is 26.0 Å². The van der Waals surface area contributed by atoms with Crippen molar-refractivity contribution in [2.75, 3.05) is 19.0 Å². The highest BCUT2D eigenvalue weighted by molar-refractivity contribution is 5.53. The van der Waals surface area contributed by atoms with Crippen molar-refractivity contribution in [2.45, 2.75) is 53.1 Å². The number of anilines is 1. The number of carbonyl (C=O) groups is 1. The first-order valence-corrected chi connectivity index (χ1v) is 9.56. The minimum absolute atomic E-state index is 0.00611. The van der Waals surface area contributed by atoms with Gasteiger partial charge in [0.1, 0.15) is 23.6 Å². The maximum Gasteiger partial charge on any atom is 0.277 e. The van der Waals surface area contributed by atoms with Crippen LogP contribution in [-0.2, 0) is 22.5 Å². The lowest BCUT2D eigenvalue weighted by Gasteiger charge is -2.27. The summed E-state index contributed by atoms with van der Waals surface area (Å²) < 4.78 is 18.9. The number of nitrogens with zero attached hydrogens (tertiary/aromatic N) is 2. The number of hydrogen-bond acceptors (Lipinski definition) is 5. The Morgan fingerprint density at radius 2 is 1.93 bits per heavy atom. The minimum atomic E-state index is -0.286. The zero-order chi connectivity index (χ0) is 21.1. The molecule has 1 unspecified atom stereocenters. The molecule has 1 aliphatic heterocycles. The predicted octanol–water partition coefficient (Wildman–Crippen LogP) is 3.67. The molecule has 1 aliphatic rings. The van der Waals surface area contributed by atoms with E-state index in [2.05, 4.69) is 15.0 Å². The van der Waals surface area contributed by atoms with Crippen LogP contribution < -0.4 is 10.9 Å². The highest BCUT2D eigenvalue weighted by Crippen LogP contribution is 2.29. The maximum absolute atomic E-state index is 13.0. The lowest BCUT2D eigenvalue weighted by Crippen LogP contribution is -2.32. The number of fused-ring (bicyclic) bond motifs is 1. The van der Waals surface area contributed by atoms with E-state index in [9.17, 15) is 14.0 Å². The Morgan fingerprint density at radius 1 is 1.32 bits per heavy atom. The van der Waals surface area contributed by atoms with Gasteiger partial charge in [-0.05, 0) is 44.4 Å². The van der Waals surface area contributed by atoms with Crippen LogP contribution in [0.25, 0.3) is 0 Å². The molecule has 0 radical (unpaired) electrons. The fourth-order valence-corrected chi connectivity index (χ4v) is 2.80. The Bertz CT molecular complexity index is 802. The third-order valence-corrected chi connectivity index (χ3v) is 4.24. The molecule has 0 bridgehead atoms. The molecule has 0 amide bonds. The number of halogens is 1. The van der Waals surface area contributed by atoms with Crippen molar-refractivity contribution >= 4 is 12.0 Å². The lowest BCUT2D eigenvalue weighted by atomic mass is 9.96. The van der Waals surface area contributed by atoms with Gasteiger partial charge in [-0.25, -0.2) is 9.37 Å². The number of aldehydes is 1. The van der Waals surface area contributed by atoms with Crippen molar-refractivity contribution in [1.82, 2.24) is 9.55 Å². The fraction of sp³-hybridized carbons (Fsp3) is 0.476. The van der Waals surface area contributed by atoms with Crippen LogP contribution in [0.15, 0.2) is 29.1 Å². The summed E-state index contributed by atoms with van der Waals surface area (Å²) in [6.45, 7) is 8.49. The quantitative estimate of drug-likeness (QED) is 0.805. The first-order chi connectivity index (χ1) is 13.5. The number of methoxy groups -OCH3 is 1. The molecule has 3 rings (SSSR count). The number of benzene rings is 1. The van der Waals surface area contributed by atoms with E-state index in [1.54, 1.807) is 26.2 Å². The van der Waals surface area contributed by atoms with Crippen molar-refractivity contribution in [3.05, 3.63) is 57.5 Å². The first kappa shape index (κ1) is 23.5. The summed E-state index contributed by atoms with van der Waals surface area (Å²) in [6, 6.07) is 6.18. The molecule has 0 saturated heterocycles. The number of aryl methyl sites for hydroxylation is 2. The summed E-state index contributed by atoms with van der Waals surface area (Å²) in [5.41, 5.74) is 1.85. The third kappa shape index (κ3) is 5.99. The number of aromatic nitrogens is 2. The van der Waals surface area contributed by atoms with Gasteiger partial charge < -0.3 is 14.8 Å². The Morgan fingerprint density at radius 3 is 2.46 bits per heavy atom. The summed E-state index contributed by atoms with van der Waals surface area (Å²) in [7, 11) is 1.68. The van der Waals surface area contributed by atoms with E-state index >= 15 is 0 Å². The molecular formula is C21H30FN3O3. The molecule has 0 spiro atoms. The van der Waals surface area contributed by atoms with E-state index in [-0.39, 0.29) is 24.0 Å². The van der Waals surface area contributed by atoms with Gasteiger partial charge in [-0.15, -0.1) is 0 Å². The van der Waals surface area contributed by atoms with Crippen LogP contribution in [0, 0.1) is 12.7 Å². The van der Waals surface area contributed by atoms with E-state index in [0.29, 0.717) is 24.2 Å². The molecule has 2 heterocycles. The van der Waals surface area contributed by atoms with Crippen LogP contribution in [-0.4, -0.2) is 29.6 Å². The number of carbonyl (C=O) groups excluding carboxylic acids is 1. The van der Waals surface area contributed by atoms with Gasteiger partial charge >= 0.3 is 0 Å². The molecule has 1 aromatic carbocycles. The fourth-order valence-electron chi connectivity index (χ4n) is 2.80. The largest absolute Gasteiger partial charge is 0.385 e. The molecule has 154 valence electrons. The molecule has 2 aromatic rings. The van der Waals surface area contributed by atoms with E-state index in [1.807, 2.05) is 20.8 Å². The summed E-state index contributed by atoms with van der Waals surface area (Å²) >= 11 is 0. The van der Waals surface area contributed by atoms with Crippen LogP contribution in [0.1, 0.15) is 50.3 Å².